The molecule has 0 saturated carbocycles. The zero-order valence-corrected chi connectivity index (χ0v) is 12.3. The number of rotatable bonds is 2. The van der Waals surface area contributed by atoms with Gasteiger partial charge in [0, 0.05) is 20.0 Å². The zero-order valence-electron chi connectivity index (χ0n) is 12.3. The van der Waals surface area contributed by atoms with E-state index in [1.54, 1.807) is 0 Å². The third-order valence-electron chi connectivity index (χ3n) is 4.51. The van der Waals surface area contributed by atoms with Crippen molar-refractivity contribution in [3.05, 3.63) is 30.1 Å². The number of hydrogen-bond donors (Lipinski definition) is 1. The Labute approximate surface area is 120 Å². The highest BCUT2D eigenvalue weighted by Gasteiger charge is 2.31. The van der Waals surface area contributed by atoms with Gasteiger partial charge in [0.25, 0.3) is 0 Å². The van der Waals surface area contributed by atoms with E-state index in [1.807, 2.05) is 25.2 Å². The first-order valence-corrected chi connectivity index (χ1v) is 7.39. The van der Waals surface area contributed by atoms with Crippen molar-refractivity contribution in [3.63, 3.8) is 0 Å². The van der Waals surface area contributed by atoms with Gasteiger partial charge in [-0.2, -0.15) is 0 Å². The average molecular weight is 273 g/mol. The summed E-state index contributed by atoms with van der Waals surface area (Å²) in [6, 6.07) is 8.15. The predicted octanol–water partition coefficient (Wildman–Crippen LogP) is 1.96. The lowest BCUT2D eigenvalue weighted by atomic mass is 9.91. The van der Waals surface area contributed by atoms with Crippen molar-refractivity contribution in [2.45, 2.75) is 31.3 Å². The molecule has 0 radical (unpaired) electrons. The Hall–Kier alpha value is -1.39. The molecule has 0 spiro atoms. The van der Waals surface area contributed by atoms with Crippen molar-refractivity contribution in [3.8, 4) is 0 Å². The van der Waals surface area contributed by atoms with Gasteiger partial charge in [0.05, 0.1) is 16.6 Å². The molecule has 1 N–H and O–H groups in total. The van der Waals surface area contributed by atoms with E-state index < -0.39 is 5.60 Å². The third kappa shape index (κ3) is 2.58. The van der Waals surface area contributed by atoms with Crippen LogP contribution in [0.2, 0.25) is 0 Å². The summed E-state index contributed by atoms with van der Waals surface area (Å²) >= 11 is 0. The summed E-state index contributed by atoms with van der Waals surface area (Å²) in [5.74, 6) is 0.984. The molecule has 2 aromatic rings. The standard InChI is InChI=1S/C16H23N3O/c1-18-10-5-8-16(20,9-11-18)12-15-17-13-6-3-4-7-14(13)19(15)2/h3-4,6-7,20H,5,8-12H2,1-2H3. The van der Waals surface area contributed by atoms with Gasteiger partial charge in [0.15, 0.2) is 0 Å². The van der Waals surface area contributed by atoms with Crippen LogP contribution in [0, 0.1) is 0 Å². The van der Waals surface area contributed by atoms with E-state index >= 15 is 0 Å². The molecule has 0 aliphatic carbocycles. The second-order valence-electron chi connectivity index (χ2n) is 6.13. The lowest BCUT2D eigenvalue weighted by Crippen LogP contribution is -2.33. The topological polar surface area (TPSA) is 41.3 Å². The van der Waals surface area contributed by atoms with Crippen molar-refractivity contribution in [1.82, 2.24) is 14.5 Å². The van der Waals surface area contributed by atoms with Gasteiger partial charge in [0.2, 0.25) is 0 Å². The number of nitrogens with zero attached hydrogens (tertiary/aromatic N) is 3. The van der Waals surface area contributed by atoms with Crippen LogP contribution in [-0.2, 0) is 13.5 Å². The molecule has 1 unspecified atom stereocenters. The molecule has 0 amide bonds. The Kier molecular flexibility index (Phi) is 3.52. The highest BCUT2D eigenvalue weighted by atomic mass is 16.3. The van der Waals surface area contributed by atoms with E-state index in [0.29, 0.717) is 6.42 Å². The maximum Gasteiger partial charge on any atom is 0.112 e. The van der Waals surface area contributed by atoms with Gasteiger partial charge in [-0.3, -0.25) is 0 Å². The maximum absolute atomic E-state index is 10.9. The summed E-state index contributed by atoms with van der Waals surface area (Å²) in [6.07, 6.45) is 3.39. The molecule has 1 saturated heterocycles. The van der Waals surface area contributed by atoms with Gasteiger partial charge >= 0.3 is 0 Å². The van der Waals surface area contributed by atoms with Gasteiger partial charge in [0.1, 0.15) is 5.82 Å². The fraction of sp³-hybridized carbons (Fsp3) is 0.562. The quantitative estimate of drug-likeness (QED) is 0.909. The first-order valence-electron chi connectivity index (χ1n) is 7.39. The number of benzene rings is 1. The molecule has 3 rings (SSSR count). The van der Waals surface area contributed by atoms with Crippen LogP contribution in [0.1, 0.15) is 25.1 Å². The molecule has 0 bridgehead atoms. The first kappa shape index (κ1) is 13.6. The number of fused-ring (bicyclic) bond motifs is 1. The van der Waals surface area contributed by atoms with Crippen LogP contribution in [0.3, 0.4) is 0 Å². The maximum atomic E-state index is 10.9. The SMILES string of the molecule is CN1CCCC(O)(Cc2nc3ccccc3n2C)CC1. The van der Waals surface area contributed by atoms with E-state index in [0.717, 1.165) is 49.2 Å². The molecule has 108 valence electrons. The molecule has 4 nitrogen and oxygen atoms in total. The summed E-state index contributed by atoms with van der Waals surface area (Å²) in [5.41, 5.74) is 1.54. The number of imidazole rings is 1. The second kappa shape index (κ2) is 5.19. The highest BCUT2D eigenvalue weighted by Crippen LogP contribution is 2.27. The van der Waals surface area contributed by atoms with Gasteiger partial charge in [-0.15, -0.1) is 0 Å². The largest absolute Gasteiger partial charge is 0.389 e. The Bertz CT molecular complexity index is 607. The fourth-order valence-corrected chi connectivity index (χ4v) is 3.14. The van der Waals surface area contributed by atoms with Gasteiger partial charge < -0.3 is 14.6 Å². The molecule has 1 aromatic carbocycles. The minimum atomic E-state index is -0.611. The normalized spacial score (nSPS) is 24.9. The number of aliphatic hydroxyl groups is 1. The number of aryl methyl sites for hydroxylation is 1. The van der Waals surface area contributed by atoms with E-state index in [4.69, 9.17) is 4.98 Å². The van der Waals surface area contributed by atoms with E-state index in [2.05, 4.69) is 22.6 Å². The molecule has 2 heterocycles. The molecular weight excluding hydrogens is 250 g/mol. The smallest absolute Gasteiger partial charge is 0.112 e. The molecule has 1 aliphatic heterocycles. The molecule has 1 atom stereocenters. The number of likely N-dealkylation sites (tertiary alicyclic amines) is 1. The van der Waals surface area contributed by atoms with E-state index in [-0.39, 0.29) is 0 Å². The van der Waals surface area contributed by atoms with Gasteiger partial charge in [-0.1, -0.05) is 12.1 Å². The van der Waals surface area contributed by atoms with Crippen LogP contribution in [0.4, 0.5) is 0 Å². The summed E-state index contributed by atoms with van der Waals surface area (Å²) in [5, 5.41) is 10.9. The number of para-hydroxylation sites is 2. The fourth-order valence-electron chi connectivity index (χ4n) is 3.14. The lowest BCUT2D eigenvalue weighted by Gasteiger charge is -2.26. The predicted molar refractivity (Wildman–Crippen MR) is 80.7 cm³/mol. The second-order valence-corrected chi connectivity index (χ2v) is 6.13. The molecule has 1 aliphatic rings. The van der Waals surface area contributed by atoms with Crippen molar-refractivity contribution in [2.75, 3.05) is 20.1 Å². The average Bonchev–Trinajstić information content (AvgIpc) is 2.63. The van der Waals surface area contributed by atoms with Crippen molar-refractivity contribution in [2.24, 2.45) is 7.05 Å². The van der Waals surface area contributed by atoms with Crippen LogP contribution in [0.25, 0.3) is 11.0 Å². The monoisotopic (exact) mass is 273 g/mol. The number of hydrogen-bond acceptors (Lipinski definition) is 3. The van der Waals surface area contributed by atoms with Crippen molar-refractivity contribution in [1.29, 1.82) is 0 Å². The Morgan fingerprint density at radius 1 is 1.20 bits per heavy atom. The minimum absolute atomic E-state index is 0.611. The molecular formula is C16H23N3O. The van der Waals surface area contributed by atoms with Crippen LogP contribution < -0.4 is 0 Å². The van der Waals surface area contributed by atoms with Gasteiger partial charge in [-0.25, -0.2) is 4.98 Å². The molecule has 20 heavy (non-hydrogen) atoms. The van der Waals surface area contributed by atoms with Crippen LogP contribution in [0.5, 0.6) is 0 Å². The molecule has 1 fully saturated rings. The summed E-state index contributed by atoms with van der Waals surface area (Å²) < 4.78 is 2.11. The summed E-state index contributed by atoms with van der Waals surface area (Å²) in [4.78, 5) is 6.99. The third-order valence-corrected chi connectivity index (χ3v) is 4.51. The van der Waals surface area contributed by atoms with Crippen LogP contribution in [-0.4, -0.2) is 45.3 Å². The Morgan fingerprint density at radius 2 is 2.00 bits per heavy atom. The Balaban J connectivity index is 1.86. The van der Waals surface area contributed by atoms with E-state index in [9.17, 15) is 5.11 Å². The van der Waals surface area contributed by atoms with Crippen molar-refractivity contribution < 1.29 is 5.11 Å². The van der Waals surface area contributed by atoms with E-state index in [1.165, 1.54) is 0 Å². The minimum Gasteiger partial charge on any atom is -0.389 e. The van der Waals surface area contributed by atoms with Crippen LogP contribution >= 0.6 is 0 Å². The first-order chi connectivity index (χ1) is 9.57. The molecule has 4 heteroatoms. The number of aromatic nitrogens is 2. The highest BCUT2D eigenvalue weighted by molar-refractivity contribution is 5.75. The van der Waals surface area contributed by atoms with Gasteiger partial charge in [-0.05, 0) is 45.0 Å². The van der Waals surface area contributed by atoms with Crippen molar-refractivity contribution >= 4 is 11.0 Å². The lowest BCUT2D eigenvalue weighted by molar-refractivity contribution is 0.0239. The summed E-state index contributed by atoms with van der Waals surface area (Å²) in [7, 11) is 4.16. The summed E-state index contributed by atoms with van der Waals surface area (Å²) in [6.45, 7) is 2.03. The van der Waals surface area contributed by atoms with Crippen LogP contribution in [0.15, 0.2) is 24.3 Å². The molecule has 1 aromatic heterocycles. The zero-order chi connectivity index (χ0) is 14.2. The Morgan fingerprint density at radius 3 is 2.80 bits per heavy atom.